The molecule has 1 aromatic heterocycles. The van der Waals surface area contributed by atoms with Gasteiger partial charge >= 0.3 is 0 Å². The molecule has 0 fully saturated rings. The summed E-state index contributed by atoms with van der Waals surface area (Å²) in [6.07, 6.45) is 3.26. The van der Waals surface area contributed by atoms with Gasteiger partial charge in [-0.25, -0.2) is 4.39 Å². The van der Waals surface area contributed by atoms with Crippen LogP contribution in [-0.4, -0.2) is 12.1 Å². The summed E-state index contributed by atoms with van der Waals surface area (Å²) in [6, 6.07) is 10.4. The van der Waals surface area contributed by atoms with E-state index in [-0.39, 0.29) is 17.6 Å². The second-order valence-electron chi connectivity index (χ2n) is 4.36. The number of aryl methyl sites for hydroxylation is 1. The lowest BCUT2D eigenvalue weighted by Gasteiger charge is -2.13. The third-order valence-corrected chi connectivity index (χ3v) is 3.04. The third-order valence-electron chi connectivity index (χ3n) is 3.04. The number of benzene rings is 1. The molecule has 0 aliphatic carbocycles. The van der Waals surface area contributed by atoms with E-state index in [1.54, 1.807) is 18.3 Å². The van der Waals surface area contributed by atoms with Gasteiger partial charge in [-0.05, 0) is 42.7 Å². The Morgan fingerprint density at radius 1 is 1.32 bits per heavy atom. The van der Waals surface area contributed by atoms with E-state index >= 15 is 0 Å². The van der Waals surface area contributed by atoms with Gasteiger partial charge in [0, 0.05) is 17.9 Å². The first-order valence-corrected chi connectivity index (χ1v) is 6.19. The summed E-state index contributed by atoms with van der Waals surface area (Å²) in [7, 11) is 1.44. The minimum atomic E-state index is -0.381. The lowest BCUT2D eigenvalue weighted by Crippen LogP contribution is -2.12. The quantitative estimate of drug-likeness (QED) is 0.899. The van der Waals surface area contributed by atoms with Gasteiger partial charge in [0.2, 0.25) is 0 Å². The van der Waals surface area contributed by atoms with Crippen molar-refractivity contribution in [3.05, 3.63) is 59.7 Å². The average molecular weight is 260 g/mol. The zero-order valence-electron chi connectivity index (χ0n) is 10.8. The molecule has 4 heteroatoms. The Hall–Kier alpha value is -1.94. The summed E-state index contributed by atoms with van der Waals surface area (Å²) in [5, 5.41) is 0. The van der Waals surface area contributed by atoms with Crippen LogP contribution in [0.1, 0.15) is 23.7 Å². The smallest absolute Gasteiger partial charge is 0.165 e. The summed E-state index contributed by atoms with van der Waals surface area (Å²) >= 11 is 0. The maximum absolute atomic E-state index is 13.6. The maximum Gasteiger partial charge on any atom is 0.165 e. The zero-order chi connectivity index (χ0) is 13.7. The molecule has 0 spiro atoms. The van der Waals surface area contributed by atoms with Crippen molar-refractivity contribution in [1.82, 2.24) is 4.98 Å². The predicted molar refractivity (Wildman–Crippen MR) is 72.4 cm³/mol. The van der Waals surface area contributed by atoms with E-state index in [0.717, 1.165) is 24.1 Å². The number of hydrogen-bond acceptors (Lipinski definition) is 3. The Morgan fingerprint density at radius 3 is 2.79 bits per heavy atom. The van der Waals surface area contributed by atoms with Gasteiger partial charge in [-0.1, -0.05) is 12.1 Å². The molecule has 0 saturated heterocycles. The van der Waals surface area contributed by atoms with Gasteiger partial charge in [-0.3, -0.25) is 4.98 Å². The molecule has 1 unspecified atom stereocenters. The first-order chi connectivity index (χ1) is 9.20. The van der Waals surface area contributed by atoms with Gasteiger partial charge in [0.15, 0.2) is 11.6 Å². The molecular formula is C15H17FN2O. The molecule has 1 aromatic carbocycles. The van der Waals surface area contributed by atoms with Gasteiger partial charge in [-0.2, -0.15) is 0 Å². The number of nitrogens with two attached hydrogens (primary N) is 1. The van der Waals surface area contributed by atoms with Crippen molar-refractivity contribution >= 4 is 0 Å². The van der Waals surface area contributed by atoms with Crippen LogP contribution in [0.2, 0.25) is 0 Å². The molecule has 0 aliphatic heterocycles. The molecule has 0 bridgehead atoms. The van der Waals surface area contributed by atoms with Crippen LogP contribution < -0.4 is 10.5 Å². The van der Waals surface area contributed by atoms with Gasteiger partial charge in [0.1, 0.15) is 0 Å². The van der Waals surface area contributed by atoms with E-state index in [2.05, 4.69) is 4.98 Å². The van der Waals surface area contributed by atoms with Crippen molar-refractivity contribution in [1.29, 1.82) is 0 Å². The highest BCUT2D eigenvalue weighted by molar-refractivity contribution is 5.31. The van der Waals surface area contributed by atoms with Crippen LogP contribution in [0.15, 0.2) is 42.6 Å². The molecule has 1 atom stereocenters. The molecule has 2 aromatic rings. The van der Waals surface area contributed by atoms with E-state index in [1.165, 1.54) is 13.2 Å². The Morgan fingerprint density at radius 2 is 2.16 bits per heavy atom. The molecule has 100 valence electrons. The SMILES string of the molecule is COc1ccc(C(N)CCc2ccccn2)cc1F. The lowest BCUT2D eigenvalue weighted by molar-refractivity contribution is 0.385. The van der Waals surface area contributed by atoms with Crippen LogP contribution in [0.25, 0.3) is 0 Å². The first-order valence-electron chi connectivity index (χ1n) is 6.19. The summed E-state index contributed by atoms with van der Waals surface area (Å²) in [5.41, 5.74) is 7.83. The molecule has 0 saturated carbocycles. The van der Waals surface area contributed by atoms with Crippen molar-refractivity contribution < 1.29 is 9.13 Å². The first kappa shape index (κ1) is 13.5. The average Bonchev–Trinajstić information content (AvgIpc) is 2.45. The monoisotopic (exact) mass is 260 g/mol. The fourth-order valence-electron chi connectivity index (χ4n) is 1.93. The van der Waals surface area contributed by atoms with Gasteiger partial charge in [0.25, 0.3) is 0 Å². The molecule has 0 radical (unpaired) electrons. The second-order valence-corrected chi connectivity index (χ2v) is 4.36. The molecule has 1 heterocycles. The summed E-state index contributed by atoms with van der Waals surface area (Å²) in [4.78, 5) is 4.24. The third kappa shape index (κ3) is 3.51. The normalized spacial score (nSPS) is 12.2. The van der Waals surface area contributed by atoms with Crippen LogP contribution in [0.4, 0.5) is 4.39 Å². The van der Waals surface area contributed by atoms with Crippen LogP contribution in [0, 0.1) is 5.82 Å². The molecule has 19 heavy (non-hydrogen) atoms. The molecule has 3 nitrogen and oxygen atoms in total. The minimum absolute atomic E-state index is 0.206. The fraction of sp³-hybridized carbons (Fsp3) is 0.267. The van der Waals surface area contributed by atoms with Crippen molar-refractivity contribution in [2.24, 2.45) is 5.73 Å². The Kier molecular flexibility index (Phi) is 4.47. The standard InChI is InChI=1S/C15H17FN2O/c1-19-15-8-5-11(10-13(15)16)14(17)7-6-12-4-2-3-9-18-12/h2-5,8-10,14H,6-7,17H2,1H3. The number of halogens is 1. The van der Waals surface area contributed by atoms with E-state index in [9.17, 15) is 4.39 Å². The molecule has 2 rings (SSSR count). The fourth-order valence-corrected chi connectivity index (χ4v) is 1.93. The molecule has 0 amide bonds. The lowest BCUT2D eigenvalue weighted by atomic mass is 10.0. The van der Waals surface area contributed by atoms with Gasteiger partial charge in [-0.15, -0.1) is 0 Å². The number of methoxy groups -OCH3 is 1. The van der Waals surface area contributed by atoms with E-state index in [4.69, 9.17) is 10.5 Å². The van der Waals surface area contributed by atoms with Gasteiger partial charge < -0.3 is 10.5 Å². The minimum Gasteiger partial charge on any atom is -0.494 e. The number of aromatic nitrogens is 1. The van der Waals surface area contributed by atoms with Crippen LogP contribution in [0.3, 0.4) is 0 Å². The predicted octanol–water partition coefficient (Wildman–Crippen LogP) is 2.86. The maximum atomic E-state index is 13.6. The number of rotatable bonds is 5. The summed E-state index contributed by atoms with van der Waals surface area (Å²) in [5.74, 6) is -0.144. The zero-order valence-corrected chi connectivity index (χ0v) is 10.8. The van der Waals surface area contributed by atoms with Crippen molar-refractivity contribution in [3.8, 4) is 5.75 Å². The number of ether oxygens (including phenoxy) is 1. The van der Waals surface area contributed by atoms with Crippen molar-refractivity contribution in [2.75, 3.05) is 7.11 Å². The van der Waals surface area contributed by atoms with Crippen molar-refractivity contribution in [3.63, 3.8) is 0 Å². The summed E-state index contributed by atoms with van der Waals surface area (Å²) in [6.45, 7) is 0. The van der Waals surface area contributed by atoms with Crippen LogP contribution in [0.5, 0.6) is 5.75 Å². The number of pyridine rings is 1. The highest BCUT2D eigenvalue weighted by Crippen LogP contribution is 2.23. The molecule has 0 aliphatic rings. The Bertz CT molecular complexity index is 531. The Labute approximate surface area is 112 Å². The van der Waals surface area contributed by atoms with Gasteiger partial charge in [0.05, 0.1) is 7.11 Å². The Balaban J connectivity index is 2.00. The number of hydrogen-bond donors (Lipinski definition) is 1. The van der Waals surface area contributed by atoms with Crippen molar-refractivity contribution in [2.45, 2.75) is 18.9 Å². The molecular weight excluding hydrogens is 243 g/mol. The topological polar surface area (TPSA) is 48.1 Å². The number of nitrogens with zero attached hydrogens (tertiary/aromatic N) is 1. The highest BCUT2D eigenvalue weighted by atomic mass is 19.1. The highest BCUT2D eigenvalue weighted by Gasteiger charge is 2.10. The second kappa shape index (κ2) is 6.29. The van der Waals surface area contributed by atoms with E-state index in [1.807, 2.05) is 18.2 Å². The molecule has 2 N–H and O–H groups in total. The van der Waals surface area contributed by atoms with Crippen LogP contribution >= 0.6 is 0 Å². The largest absolute Gasteiger partial charge is 0.494 e. The summed E-state index contributed by atoms with van der Waals surface area (Å²) < 4.78 is 18.5. The van der Waals surface area contributed by atoms with Crippen LogP contribution in [-0.2, 0) is 6.42 Å². The van der Waals surface area contributed by atoms with E-state index in [0.29, 0.717) is 0 Å². The van der Waals surface area contributed by atoms with E-state index < -0.39 is 0 Å².